The minimum atomic E-state index is -0.791. The zero-order valence-electron chi connectivity index (χ0n) is 11.5. The lowest BCUT2D eigenvalue weighted by atomic mass is 9.83. The molecule has 2 aromatic carbocycles. The van der Waals surface area contributed by atoms with Crippen molar-refractivity contribution in [3.05, 3.63) is 71.8 Å². The van der Waals surface area contributed by atoms with Crippen molar-refractivity contribution in [1.29, 1.82) is 0 Å². The number of aliphatic carboxylic acids is 1. The van der Waals surface area contributed by atoms with E-state index in [9.17, 15) is 4.79 Å². The van der Waals surface area contributed by atoms with Crippen LogP contribution in [-0.4, -0.2) is 24.2 Å². The summed E-state index contributed by atoms with van der Waals surface area (Å²) in [7, 11) is 1.81. The second-order valence-electron chi connectivity index (χ2n) is 4.79. The molecule has 0 fully saturated rings. The summed E-state index contributed by atoms with van der Waals surface area (Å²) < 4.78 is 0. The van der Waals surface area contributed by atoms with Gasteiger partial charge in [-0.15, -0.1) is 0 Å². The Bertz CT molecular complexity index is 500. The average molecular weight is 269 g/mol. The van der Waals surface area contributed by atoms with Crippen molar-refractivity contribution in [1.82, 2.24) is 5.32 Å². The Morgan fingerprint density at radius 2 is 1.45 bits per heavy atom. The fourth-order valence-corrected chi connectivity index (χ4v) is 2.55. The van der Waals surface area contributed by atoms with Crippen LogP contribution in [0.2, 0.25) is 0 Å². The van der Waals surface area contributed by atoms with E-state index in [0.29, 0.717) is 0 Å². The minimum absolute atomic E-state index is 0.0264. The molecule has 104 valence electrons. The van der Waals surface area contributed by atoms with Gasteiger partial charge in [0.15, 0.2) is 0 Å². The molecule has 3 heteroatoms. The summed E-state index contributed by atoms with van der Waals surface area (Å²) in [6, 6.07) is 19.9. The van der Waals surface area contributed by atoms with Gasteiger partial charge in [-0.3, -0.25) is 4.79 Å². The molecule has 0 heterocycles. The Hall–Kier alpha value is -2.13. The van der Waals surface area contributed by atoms with Crippen LogP contribution < -0.4 is 5.32 Å². The fraction of sp³-hybridized carbons (Fsp3) is 0.235. The van der Waals surface area contributed by atoms with Gasteiger partial charge in [-0.05, 0) is 18.2 Å². The Kier molecular flexibility index (Phi) is 4.91. The SMILES string of the molecule is CN[C@H](CC(=O)O)C(c1ccccc1)c1ccccc1. The van der Waals surface area contributed by atoms with Crippen LogP contribution in [0.4, 0.5) is 0 Å². The van der Waals surface area contributed by atoms with E-state index in [-0.39, 0.29) is 18.4 Å². The van der Waals surface area contributed by atoms with Crippen LogP contribution in [-0.2, 0) is 4.79 Å². The van der Waals surface area contributed by atoms with Crippen molar-refractivity contribution in [2.45, 2.75) is 18.4 Å². The van der Waals surface area contributed by atoms with Crippen LogP contribution in [0.3, 0.4) is 0 Å². The Labute approximate surface area is 119 Å². The monoisotopic (exact) mass is 269 g/mol. The highest BCUT2D eigenvalue weighted by Gasteiger charge is 2.25. The van der Waals surface area contributed by atoms with Gasteiger partial charge < -0.3 is 10.4 Å². The number of carboxylic acids is 1. The molecule has 0 aliphatic rings. The second-order valence-corrected chi connectivity index (χ2v) is 4.79. The van der Waals surface area contributed by atoms with Gasteiger partial charge in [-0.25, -0.2) is 0 Å². The van der Waals surface area contributed by atoms with Gasteiger partial charge in [-0.1, -0.05) is 60.7 Å². The zero-order valence-corrected chi connectivity index (χ0v) is 11.5. The van der Waals surface area contributed by atoms with E-state index in [1.165, 1.54) is 0 Å². The highest BCUT2D eigenvalue weighted by molar-refractivity contribution is 5.68. The molecule has 0 aliphatic carbocycles. The summed E-state index contributed by atoms with van der Waals surface area (Å²) in [6.45, 7) is 0. The summed E-state index contributed by atoms with van der Waals surface area (Å²) in [4.78, 5) is 11.1. The number of benzene rings is 2. The molecule has 20 heavy (non-hydrogen) atoms. The number of carbonyl (C=O) groups is 1. The van der Waals surface area contributed by atoms with Crippen LogP contribution in [0.15, 0.2) is 60.7 Å². The third kappa shape index (κ3) is 3.45. The van der Waals surface area contributed by atoms with E-state index in [2.05, 4.69) is 5.32 Å². The van der Waals surface area contributed by atoms with Crippen molar-refractivity contribution in [3.63, 3.8) is 0 Å². The Balaban J connectivity index is 2.41. The molecule has 2 N–H and O–H groups in total. The smallest absolute Gasteiger partial charge is 0.304 e. The Morgan fingerprint density at radius 1 is 1.00 bits per heavy atom. The van der Waals surface area contributed by atoms with Crippen molar-refractivity contribution >= 4 is 5.97 Å². The molecular formula is C17H19NO2. The molecule has 0 unspecified atom stereocenters. The number of nitrogens with one attached hydrogen (secondary N) is 1. The van der Waals surface area contributed by atoms with Gasteiger partial charge in [-0.2, -0.15) is 0 Å². The van der Waals surface area contributed by atoms with Crippen LogP contribution >= 0.6 is 0 Å². The van der Waals surface area contributed by atoms with E-state index in [1.54, 1.807) is 0 Å². The van der Waals surface area contributed by atoms with E-state index < -0.39 is 5.97 Å². The van der Waals surface area contributed by atoms with Gasteiger partial charge in [0.1, 0.15) is 0 Å². The molecular weight excluding hydrogens is 250 g/mol. The van der Waals surface area contributed by atoms with Crippen molar-refractivity contribution in [3.8, 4) is 0 Å². The molecule has 2 rings (SSSR count). The number of likely N-dealkylation sites (N-methyl/N-ethyl adjacent to an activating group) is 1. The summed E-state index contributed by atoms with van der Waals surface area (Å²) in [6.07, 6.45) is 0.0882. The molecule has 0 spiro atoms. The first-order valence-corrected chi connectivity index (χ1v) is 6.71. The second kappa shape index (κ2) is 6.87. The van der Waals surface area contributed by atoms with E-state index in [0.717, 1.165) is 11.1 Å². The van der Waals surface area contributed by atoms with Crippen LogP contribution in [0.5, 0.6) is 0 Å². The maximum atomic E-state index is 11.1. The topological polar surface area (TPSA) is 49.3 Å². The van der Waals surface area contributed by atoms with E-state index >= 15 is 0 Å². The predicted molar refractivity (Wildman–Crippen MR) is 79.8 cm³/mol. The molecule has 3 nitrogen and oxygen atoms in total. The van der Waals surface area contributed by atoms with Crippen molar-refractivity contribution in [2.24, 2.45) is 0 Å². The molecule has 0 radical (unpaired) electrons. The summed E-state index contributed by atoms with van der Waals surface area (Å²) >= 11 is 0. The maximum absolute atomic E-state index is 11.1. The maximum Gasteiger partial charge on any atom is 0.304 e. The van der Waals surface area contributed by atoms with Gasteiger partial charge in [0.2, 0.25) is 0 Å². The van der Waals surface area contributed by atoms with Gasteiger partial charge in [0.05, 0.1) is 6.42 Å². The lowest BCUT2D eigenvalue weighted by Gasteiger charge is -2.26. The number of hydrogen-bond acceptors (Lipinski definition) is 2. The standard InChI is InChI=1S/C17H19NO2/c1-18-15(12-16(19)20)17(13-8-4-2-5-9-13)14-10-6-3-7-11-14/h2-11,15,17-18H,12H2,1H3,(H,19,20)/t15-/m1/s1. The summed E-state index contributed by atoms with van der Waals surface area (Å²) in [5.74, 6) is -0.764. The summed E-state index contributed by atoms with van der Waals surface area (Å²) in [5.41, 5.74) is 2.25. The van der Waals surface area contributed by atoms with Gasteiger partial charge >= 0.3 is 5.97 Å². The number of hydrogen-bond donors (Lipinski definition) is 2. The highest BCUT2D eigenvalue weighted by atomic mass is 16.4. The molecule has 1 atom stereocenters. The Morgan fingerprint density at radius 3 is 1.80 bits per heavy atom. The highest BCUT2D eigenvalue weighted by Crippen LogP contribution is 2.29. The first-order chi connectivity index (χ1) is 9.72. The zero-order chi connectivity index (χ0) is 14.4. The van der Waals surface area contributed by atoms with Gasteiger partial charge in [0, 0.05) is 12.0 Å². The van der Waals surface area contributed by atoms with Crippen molar-refractivity contribution < 1.29 is 9.90 Å². The minimum Gasteiger partial charge on any atom is -0.481 e. The van der Waals surface area contributed by atoms with E-state index in [4.69, 9.17) is 5.11 Å². The molecule has 0 bridgehead atoms. The normalized spacial score (nSPS) is 12.3. The van der Waals surface area contributed by atoms with Crippen LogP contribution in [0, 0.1) is 0 Å². The first-order valence-electron chi connectivity index (χ1n) is 6.71. The van der Waals surface area contributed by atoms with E-state index in [1.807, 2.05) is 67.7 Å². The third-order valence-electron chi connectivity index (χ3n) is 3.49. The molecule has 0 saturated heterocycles. The molecule has 0 saturated carbocycles. The fourth-order valence-electron chi connectivity index (χ4n) is 2.55. The van der Waals surface area contributed by atoms with Crippen LogP contribution in [0.25, 0.3) is 0 Å². The lowest BCUT2D eigenvalue weighted by Crippen LogP contribution is -2.35. The summed E-state index contributed by atoms with van der Waals surface area (Å²) in [5, 5.41) is 12.3. The number of carboxylic acid groups (broad SMARTS) is 1. The quantitative estimate of drug-likeness (QED) is 0.847. The third-order valence-corrected chi connectivity index (χ3v) is 3.49. The molecule has 0 amide bonds. The largest absolute Gasteiger partial charge is 0.481 e. The average Bonchev–Trinajstić information content (AvgIpc) is 2.48. The van der Waals surface area contributed by atoms with Crippen LogP contribution in [0.1, 0.15) is 23.5 Å². The van der Waals surface area contributed by atoms with Crippen molar-refractivity contribution in [2.75, 3.05) is 7.05 Å². The molecule has 0 aliphatic heterocycles. The first kappa shape index (κ1) is 14.3. The predicted octanol–water partition coefficient (Wildman–Crippen LogP) is 2.88. The molecule has 0 aromatic heterocycles. The molecule has 2 aromatic rings. The van der Waals surface area contributed by atoms with Gasteiger partial charge in [0.25, 0.3) is 0 Å². The number of rotatable bonds is 6. The lowest BCUT2D eigenvalue weighted by molar-refractivity contribution is -0.137.